The van der Waals surface area contributed by atoms with Crippen LogP contribution in [0.15, 0.2) is 54.9 Å². The maximum Gasteiger partial charge on any atom is 0.139 e. The Morgan fingerprint density at radius 1 is 0.889 bits per heavy atom. The first-order valence-corrected chi connectivity index (χ1v) is 9.93. The maximum atomic E-state index is 4.72. The van der Waals surface area contributed by atoms with Gasteiger partial charge in [0, 0.05) is 55.7 Å². The molecule has 2 fully saturated rings. The second-order valence-electron chi connectivity index (χ2n) is 7.51. The van der Waals surface area contributed by atoms with E-state index in [4.69, 9.17) is 9.97 Å². The van der Waals surface area contributed by atoms with Gasteiger partial charge in [-0.1, -0.05) is 36.8 Å². The summed E-state index contributed by atoms with van der Waals surface area (Å²) in [6, 6.07) is 15.3. The lowest BCUT2D eigenvalue weighted by molar-refractivity contribution is 0.120. The zero-order valence-corrected chi connectivity index (χ0v) is 15.5. The van der Waals surface area contributed by atoms with Crippen molar-refractivity contribution in [1.29, 1.82) is 0 Å². The molecule has 0 bridgehead atoms. The van der Waals surface area contributed by atoms with Gasteiger partial charge in [0.05, 0.1) is 5.69 Å². The van der Waals surface area contributed by atoms with Gasteiger partial charge < -0.3 is 9.88 Å². The molecule has 2 aliphatic rings. The van der Waals surface area contributed by atoms with Crippen molar-refractivity contribution in [3.8, 4) is 22.6 Å². The molecule has 0 radical (unpaired) electrons. The van der Waals surface area contributed by atoms with Gasteiger partial charge in [0.2, 0.25) is 0 Å². The number of nitrogens with one attached hydrogen (secondary N) is 1. The largest absolute Gasteiger partial charge is 0.354 e. The lowest BCUT2D eigenvalue weighted by Crippen LogP contribution is -2.52. The second kappa shape index (κ2) is 7.16. The molecule has 1 aromatic carbocycles. The molecule has 5 heteroatoms. The summed E-state index contributed by atoms with van der Waals surface area (Å²) in [5, 5.41) is 0. The van der Waals surface area contributed by atoms with Crippen LogP contribution in [-0.4, -0.2) is 52.1 Å². The third-order valence-corrected chi connectivity index (χ3v) is 5.90. The standard InChI is InChI=1S/C22H25N5/c1-2-5-17(6-3-1)20-16-24-22(25-20)18-9-10-21(23-15-18)27-13-11-26(12-14-27)19-7-4-8-19/h1-3,5-6,9-10,15-16,19H,4,7-8,11-14H2,(H,24,25). The van der Waals surface area contributed by atoms with Gasteiger partial charge in [-0.15, -0.1) is 0 Å². The molecular formula is C22H25N5. The van der Waals surface area contributed by atoms with E-state index >= 15 is 0 Å². The molecule has 1 saturated carbocycles. The van der Waals surface area contributed by atoms with Crippen LogP contribution >= 0.6 is 0 Å². The highest BCUT2D eigenvalue weighted by Crippen LogP contribution is 2.27. The number of imidazole rings is 1. The van der Waals surface area contributed by atoms with E-state index in [1.165, 1.54) is 19.3 Å². The van der Waals surface area contributed by atoms with Gasteiger partial charge in [-0.05, 0) is 25.0 Å². The lowest BCUT2D eigenvalue weighted by Gasteiger charge is -2.43. The average Bonchev–Trinajstić information content (AvgIpc) is 3.18. The molecule has 27 heavy (non-hydrogen) atoms. The van der Waals surface area contributed by atoms with Gasteiger partial charge in [0.1, 0.15) is 11.6 Å². The summed E-state index contributed by atoms with van der Waals surface area (Å²) < 4.78 is 0. The van der Waals surface area contributed by atoms with Gasteiger partial charge >= 0.3 is 0 Å². The fourth-order valence-electron chi connectivity index (χ4n) is 4.01. The summed E-state index contributed by atoms with van der Waals surface area (Å²) in [5.74, 6) is 1.93. The molecular weight excluding hydrogens is 334 g/mol. The fourth-order valence-corrected chi connectivity index (χ4v) is 4.01. The van der Waals surface area contributed by atoms with Crippen molar-refractivity contribution in [2.24, 2.45) is 0 Å². The van der Waals surface area contributed by atoms with Crippen molar-refractivity contribution in [3.05, 3.63) is 54.9 Å². The molecule has 3 aromatic rings. The molecule has 5 rings (SSSR count). The third-order valence-electron chi connectivity index (χ3n) is 5.90. The van der Waals surface area contributed by atoms with Crippen LogP contribution in [-0.2, 0) is 0 Å². The van der Waals surface area contributed by atoms with Gasteiger partial charge in [-0.25, -0.2) is 9.97 Å². The van der Waals surface area contributed by atoms with Crippen molar-refractivity contribution in [1.82, 2.24) is 19.9 Å². The van der Waals surface area contributed by atoms with Crippen molar-refractivity contribution in [2.75, 3.05) is 31.1 Å². The van der Waals surface area contributed by atoms with E-state index in [-0.39, 0.29) is 0 Å². The predicted molar refractivity (Wildman–Crippen MR) is 109 cm³/mol. The Labute approximate surface area is 160 Å². The van der Waals surface area contributed by atoms with Crippen LogP contribution in [0.4, 0.5) is 5.82 Å². The van der Waals surface area contributed by atoms with E-state index in [9.17, 15) is 0 Å². The Bertz CT molecular complexity index is 875. The highest BCUT2D eigenvalue weighted by molar-refractivity contribution is 5.64. The van der Waals surface area contributed by atoms with Crippen molar-refractivity contribution < 1.29 is 0 Å². The number of pyridine rings is 1. The molecule has 138 valence electrons. The number of hydrogen-bond acceptors (Lipinski definition) is 4. The molecule has 0 unspecified atom stereocenters. The Morgan fingerprint density at radius 2 is 1.70 bits per heavy atom. The molecule has 1 saturated heterocycles. The normalized spacial score (nSPS) is 18.4. The van der Waals surface area contributed by atoms with Crippen LogP contribution < -0.4 is 4.90 Å². The number of rotatable bonds is 4. The first-order chi connectivity index (χ1) is 13.4. The number of H-pyrrole nitrogens is 1. The monoisotopic (exact) mass is 359 g/mol. The summed E-state index contributed by atoms with van der Waals surface area (Å²) in [5.41, 5.74) is 3.10. The summed E-state index contributed by atoms with van der Waals surface area (Å²) in [6.45, 7) is 4.46. The summed E-state index contributed by atoms with van der Waals surface area (Å²) in [4.78, 5) is 17.8. The number of nitrogens with zero attached hydrogens (tertiary/aromatic N) is 4. The quantitative estimate of drug-likeness (QED) is 0.769. The van der Waals surface area contributed by atoms with Crippen LogP contribution in [0, 0.1) is 0 Å². The van der Waals surface area contributed by atoms with E-state index in [0.29, 0.717) is 0 Å². The summed E-state index contributed by atoms with van der Waals surface area (Å²) in [7, 11) is 0. The molecule has 2 aromatic heterocycles. The molecule has 0 spiro atoms. The molecule has 0 amide bonds. The predicted octanol–water partition coefficient (Wildman–Crippen LogP) is 3.81. The van der Waals surface area contributed by atoms with Gasteiger partial charge in [-0.2, -0.15) is 0 Å². The number of benzene rings is 1. The Kier molecular flexibility index (Phi) is 4.38. The van der Waals surface area contributed by atoms with E-state index in [1.807, 2.05) is 30.6 Å². The lowest BCUT2D eigenvalue weighted by atomic mass is 9.91. The van der Waals surface area contributed by atoms with Gasteiger partial charge in [-0.3, -0.25) is 4.90 Å². The van der Waals surface area contributed by atoms with E-state index < -0.39 is 0 Å². The minimum absolute atomic E-state index is 0.847. The average molecular weight is 359 g/mol. The molecule has 5 nitrogen and oxygen atoms in total. The minimum Gasteiger partial charge on any atom is -0.354 e. The van der Waals surface area contributed by atoms with Crippen LogP contribution in [0.1, 0.15) is 19.3 Å². The first kappa shape index (κ1) is 16.5. The topological polar surface area (TPSA) is 48.1 Å². The van der Waals surface area contributed by atoms with Crippen LogP contribution in [0.2, 0.25) is 0 Å². The molecule has 3 heterocycles. The van der Waals surface area contributed by atoms with Crippen LogP contribution in [0.3, 0.4) is 0 Å². The Balaban J connectivity index is 1.26. The Hall–Kier alpha value is -2.66. The van der Waals surface area contributed by atoms with Crippen LogP contribution in [0.5, 0.6) is 0 Å². The molecule has 1 N–H and O–H groups in total. The number of piperazine rings is 1. The zero-order chi connectivity index (χ0) is 18.1. The molecule has 1 aliphatic carbocycles. The van der Waals surface area contributed by atoms with Gasteiger partial charge in [0.25, 0.3) is 0 Å². The molecule has 0 atom stereocenters. The van der Waals surface area contributed by atoms with Crippen LogP contribution in [0.25, 0.3) is 22.6 Å². The smallest absolute Gasteiger partial charge is 0.139 e. The highest BCUT2D eigenvalue weighted by Gasteiger charge is 2.28. The number of anilines is 1. The first-order valence-electron chi connectivity index (χ1n) is 9.93. The third kappa shape index (κ3) is 3.35. The van der Waals surface area contributed by atoms with E-state index in [0.717, 1.165) is 60.7 Å². The minimum atomic E-state index is 0.847. The SMILES string of the molecule is c1ccc(-c2c[nH]c(-c3ccc(N4CCN(C5CCC5)CC4)nc3)n2)cc1. The summed E-state index contributed by atoms with van der Waals surface area (Å²) >= 11 is 0. The Morgan fingerprint density at radius 3 is 2.37 bits per heavy atom. The molecule has 1 aliphatic heterocycles. The number of aromatic nitrogens is 3. The fraction of sp³-hybridized carbons (Fsp3) is 0.364. The zero-order valence-electron chi connectivity index (χ0n) is 15.5. The van der Waals surface area contributed by atoms with Crippen molar-refractivity contribution in [2.45, 2.75) is 25.3 Å². The maximum absolute atomic E-state index is 4.72. The number of aromatic amines is 1. The van der Waals surface area contributed by atoms with E-state index in [2.05, 4.69) is 39.0 Å². The van der Waals surface area contributed by atoms with E-state index in [1.54, 1.807) is 0 Å². The number of hydrogen-bond donors (Lipinski definition) is 1. The van der Waals surface area contributed by atoms with Crippen molar-refractivity contribution >= 4 is 5.82 Å². The highest BCUT2D eigenvalue weighted by atomic mass is 15.3. The van der Waals surface area contributed by atoms with Gasteiger partial charge in [0.15, 0.2) is 0 Å². The second-order valence-corrected chi connectivity index (χ2v) is 7.51. The van der Waals surface area contributed by atoms with Crippen molar-refractivity contribution in [3.63, 3.8) is 0 Å². The summed E-state index contributed by atoms with van der Waals surface area (Å²) in [6.07, 6.45) is 8.08.